The minimum Gasteiger partial charge on any atom is -0.326 e. The van der Waals surface area contributed by atoms with Crippen LogP contribution in [0, 0.1) is 0 Å². The fraction of sp³-hybridized carbons (Fsp3) is 0.111. The van der Waals surface area contributed by atoms with Crippen LogP contribution in [-0.2, 0) is 14.8 Å². The van der Waals surface area contributed by atoms with Crippen molar-refractivity contribution in [1.82, 2.24) is 14.7 Å². The van der Waals surface area contributed by atoms with Gasteiger partial charge in [0.15, 0.2) is 0 Å². The third-order valence-corrected chi connectivity index (χ3v) is 4.80. The average Bonchev–Trinajstić information content (AvgIpc) is 3.00. The Morgan fingerprint density at radius 1 is 1.04 bits per heavy atom. The summed E-state index contributed by atoms with van der Waals surface area (Å²) in [5, 5.41) is 3.73. The number of anilines is 1. The van der Waals surface area contributed by atoms with Crippen LogP contribution >= 0.6 is 0 Å². The Bertz CT molecular complexity index is 1130. The van der Waals surface area contributed by atoms with E-state index in [1.807, 2.05) is 18.2 Å². The van der Waals surface area contributed by atoms with Crippen LogP contribution < -0.4 is 15.7 Å². The lowest BCUT2D eigenvalue weighted by atomic mass is 10.2. The fourth-order valence-corrected chi connectivity index (χ4v) is 3.24. The van der Waals surface area contributed by atoms with E-state index in [0.717, 1.165) is 11.0 Å². The van der Waals surface area contributed by atoms with E-state index in [9.17, 15) is 18.0 Å². The van der Waals surface area contributed by atoms with Crippen molar-refractivity contribution in [1.29, 1.82) is 0 Å². The Labute approximate surface area is 155 Å². The van der Waals surface area contributed by atoms with E-state index in [-0.39, 0.29) is 24.6 Å². The molecule has 2 aromatic carbocycles. The Balaban J connectivity index is 1.50. The number of sulfonamides is 1. The van der Waals surface area contributed by atoms with Gasteiger partial charge in [0.05, 0.1) is 11.0 Å². The second-order valence-electron chi connectivity index (χ2n) is 5.79. The number of H-pyrrole nitrogens is 2. The van der Waals surface area contributed by atoms with Gasteiger partial charge in [0.25, 0.3) is 0 Å². The molecule has 1 amide bonds. The van der Waals surface area contributed by atoms with Gasteiger partial charge in [-0.05, 0) is 29.8 Å². The van der Waals surface area contributed by atoms with E-state index in [0.29, 0.717) is 16.7 Å². The first kappa shape index (κ1) is 18.6. The van der Waals surface area contributed by atoms with Crippen molar-refractivity contribution in [3.8, 4) is 0 Å². The molecule has 3 rings (SSSR count). The van der Waals surface area contributed by atoms with Gasteiger partial charge in [-0.25, -0.2) is 17.9 Å². The van der Waals surface area contributed by atoms with E-state index in [4.69, 9.17) is 0 Å². The number of fused-ring (bicyclic) bond motifs is 1. The van der Waals surface area contributed by atoms with Crippen LogP contribution in [0.1, 0.15) is 12.0 Å². The molecule has 0 aliphatic rings. The van der Waals surface area contributed by atoms with Crippen molar-refractivity contribution >= 4 is 38.7 Å². The summed E-state index contributed by atoms with van der Waals surface area (Å²) in [7, 11) is -3.63. The summed E-state index contributed by atoms with van der Waals surface area (Å²) in [4.78, 5) is 28.4. The van der Waals surface area contributed by atoms with Crippen molar-refractivity contribution in [2.75, 3.05) is 11.9 Å². The Hall–Kier alpha value is -3.17. The van der Waals surface area contributed by atoms with E-state index in [1.54, 1.807) is 30.3 Å². The van der Waals surface area contributed by atoms with Gasteiger partial charge in [0, 0.05) is 24.1 Å². The minimum absolute atomic E-state index is 0.0277. The Kier molecular flexibility index (Phi) is 5.53. The van der Waals surface area contributed by atoms with Crippen molar-refractivity contribution in [3.05, 3.63) is 70.0 Å². The lowest BCUT2D eigenvalue weighted by Crippen LogP contribution is -2.26. The number of benzene rings is 2. The average molecular weight is 386 g/mol. The Morgan fingerprint density at radius 2 is 1.78 bits per heavy atom. The second kappa shape index (κ2) is 8.02. The normalized spacial score (nSPS) is 11.9. The predicted octanol–water partition coefficient (Wildman–Crippen LogP) is 1.78. The number of nitrogens with one attached hydrogen (secondary N) is 4. The monoisotopic (exact) mass is 386 g/mol. The number of imidazole rings is 1. The first-order valence-electron chi connectivity index (χ1n) is 8.16. The van der Waals surface area contributed by atoms with Gasteiger partial charge in [0.2, 0.25) is 15.9 Å². The number of amides is 1. The molecular weight excluding hydrogens is 368 g/mol. The zero-order valence-corrected chi connectivity index (χ0v) is 15.0. The second-order valence-corrected chi connectivity index (χ2v) is 7.44. The number of carbonyl (C=O) groups excluding carboxylic acids is 1. The van der Waals surface area contributed by atoms with Crippen LogP contribution in [0.3, 0.4) is 0 Å². The highest BCUT2D eigenvalue weighted by atomic mass is 32.2. The summed E-state index contributed by atoms with van der Waals surface area (Å²) in [5.41, 5.74) is 2.15. The lowest BCUT2D eigenvalue weighted by Gasteiger charge is -2.06. The highest BCUT2D eigenvalue weighted by molar-refractivity contribution is 7.92. The SMILES string of the molecule is O=C(CCNS(=O)(=O)/C=C/c1ccccc1)Nc1ccc2[nH]c(=O)[nH]c2c1. The molecule has 1 aromatic heterocycles. The molecule has 0 fully saturated rings. The van der Waals surface area contributed by atoms with Gasteiger partial charge >= 0.3 is 5.69 Å². The van der Waals surface area contributed by atoms with Crippen LogP contribution in [0.15, 0.2) is 58.7 Å². The first-order chi connectivity index (χ1) is 12.9. The van der Waals surface area contributed by atoms with Gasteiger partial charge in [-0.3, -0.25) is 4.79 Å². The van der Waals surface area contributed by atoms with Crippen LogP contribution in [0.4, 0.5) is 5.69 Å². The molecule has 1 heterocycles. The van der Waals surface area contributed by atoms with Gasteiger partial charge in [0.1, 0.15) is 0 Å². The maximum absolute atomic E-state index is 12.0. The number of hydrogen-bond acceptors (Lipinski definition) is 4. The van der Waals surface area contributed by atoms with E-state index in [1.165, 1.54) is 6.08 Å². The number of aromatic nitrogens is 2. The number of aromatic amines is 2. The van der Waals surface area contributed by atoms with Crippen molar-refractivity contribution < 1.29 is 13.2 Å². The van der Waals surface area contributed by atoms with E-state index < -0.39 is 10.0 Å². The maximum Gasteiger partial charge on any atom is 0.323 e. The lowest BCUT2D eigenvalue weighted by molar-refractivity contribution is -0.116. The summed E-state index contributed by atoms with van der Waals surface area (Å²) in [5.74, 6) is -0.345. The Morgan fingerprint density at radius 3 is 2.56 bits per heavy atom. The topological polar surface area (TPSA) is 124 Å². The zero-order chi connectivity index (χ0) is 19.3. The first-order valence-corrected chi connectivity index (χ1v) is 9.71. The summed E-state index contributed by atoms with van der Waals surface area (Å²) < 4.78 is 26.2. The van der Waals surface area contributed by atoms with Gasteiger partial charge < -0.3 is 15.3 Å². The molecule has 0 bridgehead atoms. The van der Waals surface area contributed by atoms with Crippen LogP contribution in [0.25, 0.3) is 17.1 Å². The molecule has 3 aromatic rings. The molecule has 0 saturated carbocycles. The molecule has 0 radical (unpaired) electrons. The molecule has 9 heteroatoms. The summed E-state index contributed by atoms with van der Waals surface area (Å²) in [6.45, 7) is -0.0312. The third-order valence-electron chi connectivity index (χ3n) is 3.69. The van der Waals surface area contributed by atoms with Crippen molar-refractivity contribution in [3.63, 3.8) is 0 Å². The number of hydrogen-bond donors (Lipinski definition) is 4. The van der Waals surface area contributed by atoms with Crippen molar-refractivity contribution in [2.24, 2.45) is 0 Å². The van der Waals surface area contributed by atoms with Gasteiger partial charge in [-0.15, -0.1) is 0 Å². The quantitative estimate of drug-likeness (QED) is 0.494. The van der Waals surface area contributed by atoms with Crippen LogP contribution in [-0.4, -0.2) is 30.8 Å². The van der Waals surface area contributed by atoms with Gasteiger partial charge in [-0.1, -0.05) is 30.3 Å². The fourth-order valence-electron chi connectivity index (χ4n) is 2.42. The minimum atomic E-state index is -3.63. The van der Waals surface area contributed by atoms with Crippen molar-refractivity contribution in [2.45, 2.75) is 6.42 Å². The van der Waals surface area contributed by atoms with Gasteiger partial charge in [-0.2, -0.15) is 0 Å². The molecule has 0 aliphatic heterocycles. The molecular formula is C18H18N4O4S. The number of rotatable bonds is 7. The molecule has 0 unspecified atom stereocenters. The summed E-state index contributed by atoms with van der Waals surface area (Å²) in [6.07, 6.45) is 1.45. The molecule has 0 spiro atoms. The predicted molar refractivity (Wildman–Crippen MR) is 105 cm³/mol. The summed E-state index contributed by atoms with van der Waals surface area (Å²) in [6, 6.07) is 14.0. The largest absolute Gasteiger partial charge is 0.326 e. The maximum atomic E-state index is 12.0. The standard InChI is InChI=1S/C18H18N4O4S/c23-17(20-14-6-7-15-16(12-14)22-18(24)21-15)8-10-19-27(25,26)11-9-13-4-2-1-3-5-13/h1-7,9,11-12,19H,8,10H2,(H,20,23)(H2,21,22,24)/b11-9+. The number of carbonyl (C=O) groups is 1. The highest BCUT2D eigenvalue weighted by Crippen LogP contribution is 2.14. The third kappa shape index (κ3) is 5.40. The molecule has 0 saturated heterocycles. The molecule has 0 atom stereocenters. The molecule has 140 valence electrons. The van der Waals surface area contributed by atoms with Crippen LogP contribution in [0.5, 0.6) is 0 Å². The molecule has 27 heavy (non-hydrogen) atoms. The van der Waals surface area contributed by atoms with E-state index in [2.05, 4.69) is 20.0 Å². The molecule has 4 N–H and O–H groups in total. The zero-order valence-electron chi connectivity index (χ0n) is 14.2. The molecule has 0 aliphatic carbocycles. The smallest absolute Gasteiger partial charge is 0.323 e. The van der Waals surface area contributed by atoms with Crippen LogP contribution in [0.2, 0.25) is 0 Å². The summed E-state index contributed by atoms with van der Waals surface area (Å²) >= 11 is 0. The van der Waals surface area contributed by atoms with E-state index >= 15 is 0 Å². The molecule has 8 nitrogen and oxygen atoms in total. The highest BCUT2D eigenvalue weighted by Gasteiger charge is 2.08.